The number of halogens is 2. The Morgan fingerprint density at radius 2 is 1.95 bits per heavy atom. The standard InChI is InChI=1S/C30H29BrClN3O5/c1-6-39-27(36)16-40-28-19(12-20(32)13-24(28)31)15-33-35-29(34-25-10-8-7-9-21(25)30(35)37)23-14-22(17(2)3)26(38-5)11-18(23)4/h7-15,17H,6,16H2,1-5H3. The predicted octanol–water partition coefficient (Wildman–Crippen LogP) is 6.74. The van der Waals surface area contributed by atoms with Gasteiger partial charge in [-0.05, 0) is 83.2 Å². The van der Waals surface area contributed by atoms with Crippen molar-refractivity contribution in [1.82, 2.24) is 9.66 Å². The SMILES string of the molecule is CCOC(=O)COc1c(Br)cc(Cl)cc1C=Nn1c(-c2cc(C(C)C)c(OC)cc2C)nc2ccccc2c1=O. The lowest BCUT2D eigenvalue weighted by molar-refractivity contribution is -0.145. The molecule has 40 heavy (non-hydrogen) atoms. The van der Waals surface area contributed by atoms with E-state index >= 15 is 0 Å². The molecule has 0 saturated carbocycles. The molecule has 4 aromatic rings. The Labute approximate surface area is 245 Å². The highest BCUT2D eigenvalue weighted by molar-refractivity contribution is 9.10. The van der Waals surface area contributed by atoms with Gasteiger partial charge < -0.3 is 14.2 Å². The molecule has 0 spiro atoms. The molecule has 4 rings (SSSR count). The van der Waals surface area contributed by atoms with Crippen molar-refractivity contribution in [1.29, 1.82) is 0 Å². The van der Waals surface area contributed by atoms with Crippen molar-refractivity contribution in [2.45, 2.75) is 33.6 Å². The summed E-state index contributed by atoms with van der Waals surface area (Å²) >= 11 is 9.76. The first kappa shape index (κ1) is 29.3. The second-order valence-electron chi connectivity index (χ2n) is 9.28. The monoisotopic (exact) mass is 625 g/mol. The lowest BCUT2D eigenvalue weighted by Crippen LogP contribution is -2.21. The first-order chi connectivity index (χ1) is 19.1. The van der Waals surface area contributed by atoms with Crippen molar-refractivity contribution >= 4 is 50.6 Å². The molecule has 0 aliphatic heterocycles. The van der Waals surface area contributed by atoms with Crippen LogP contribution >= 0.6 is 27.5 Å². The zero-order valence-electron chi connectivity index (χ0n) is 22.8. The highest BCUT2D eigenvalue weighted by atomic mass is 79.9. The summed E-state index contributed by atoms with van der Waals surface area (Å²) in [7, 11) is 1.64. The number of methoxy groups -OCH3 is 1. The lowest BCUT2D eigenvalue weighted by Gasteiger charge is -2.17. The molecule has 0 bridgehead atoms. The third kappa shape index (κ3) is 6.21. The minimum atomic E-state index is -0.514. The van der Waals surface area contributed by atoms with Gasteiger partial charge in [0.05, 0.1) is 35.3 Å². The zero-order valence-corrected chi connectivity index (χ0v) is 25.2. The van der Waals surface area contributed by atoms with E-state index in [2.05, 4.69) is 34.9 Å². The minimum Gasteiger partial charge on any atom is -0.496 e. The summed E-state index contributed by atoms with van der Waals surface area (Å²) < 4.78 is 18.1. The van der Waals surface area contributed by atoms with Crippen molar-refractivity contribution in [3.05, 3.63) is 85.1 Å². The fourth-order valence-corrected chi connectivity index (χ4v) is 5.20. The summed E-state index contributed by atoms with van der Waals surface area (Å²) in [5.41, 5.74) is 3.26. The van der Waals surface area contributed by atoms with E-state index in [1.165, 1.54) is 10.9 Å². The van der Waals surface area contributed by atoms with Crippen molar-refractivity contribution in [3.8, 4) is 22.9 Å². The van der Waals surface area contributed by atoms with Crippen LogP contribution in [0.3, 0.4) is 0 Å². The van der Waals surface area contributed by atoms with Crippen LogP contribution in [0.2, 0.25) is 5.02 Å². The van der Waals surface area contributed by atoms with Gasteiger partial charge in [0.2, 0.25) is 0 Å². The number of esters is 1. The maximum atomic E-state index is 13.8. The van der Waals surface area contributed by atoms with E-state index in [-0.39, 0.29) is 24.7 Å². The summed E-state index contributed by atoms with van der Waals surface area (Å²) in [5.74, 6) is 1.12. The van der Waals surface area contributed by atoms with Gasteiger partial charge >= 0.3 is 5.97 Å². The van der Waals surface area contributed by atoms with Crippen LogP contribution in [0.4, 0.5) is 0 Å². The van der Waals surface area contributed by atoms with E-state index in [1.54, 1.807) is 44.4 Å². The molecular weight excluding hydrogens is 598 g/mol. The van der Waals surface area contributed by atoms with E-state index in [4.69, 9.17) is 30.8 Å². The number of hydrogen-bond acceptors (Lipinski definition) is 7. The normalized spacial score (nSPS) is 11.4. The number of ether oxygens (including phenoxy) is 3. The average Bonchev–Trinajstić information content (AvgIpc) is 2.91. The molecule has 0 N–H and O–H groups in total. The molecule has 208 valence electrons. The van der Waals surface area contributed by atoms with Crippen LogP contribution in [0.15, 0.2) is 62.9 Å². The number of aryl methyl sites for hydroxylation is 1. The van der Waals surface area contributed by atoms with Gasteiger partial charge in [0, 0.05) is 16.1 Å². The predicted molar refractivity (Wildman–Crippen MR) is 161 cm³/mol. The fourth-order valence-electron chi connectivity index (χ4n) is 4.25. The Kier molecular flexibility index (Phi) is 9.27. The van der Waals surface area contributed by atoms with Crippen molar-refractivity contribution in [3.63, 3.8) is 0 Å². The van der Waals surface area contributed by atoms with E-state index in [9.17, 15) is 9.59 Å². The molecule has 3 aromatic carbocycles. The molecule has 1 heterocycles. The molecule has 0 atom stereocenters. The smallest absolute Gasteiger partial charge is 0.344 e. The summed E-state index contributed by atoms with van der Waals surface area (Å²) in [6.45, 7) is 7.74. The average molecular weight is 627 g/mol. The van der Waals surface area contributed by atoms with Gasteiger partial charge in [-0.2, -0.15) is 9.78 Å². The van der Waals surface area contributed by atoms with Crippen LogP contribution in [-0.2, 0) is 9.53 Å². The molecule has 0 aliphatic rings. The molecule has 10 heteroatoms. The summed E-state index contributed by atoms with van der Waals surface area (Å²) in [6, 6.07) is 14.3. The van der Waals surface area contributed by atoms with Crippen LogP contribution in [-0.4, -0.2) is 42.2 Å². The Morgan fingerprint density at radius 3 is 2.65 bits per heavy atom. The molecule has 8 nitrogen and oxygen atoms in total. The van der Waals surface area contributed by atoms with Gasteiger partial charge in [0.1, 0.15) is 11.5 Å². The number of carbonyl (C=O) groups is 1. The number of nitrogens with zero attached hydrogens (tertiary/aromatic N) is 3. The highest BCUT2D eigenvalue weighted by Crippen LogP contribution is 2.35. The fraction of sp³-hybridized carbons (Fsp3) is 0.267. The Balaban J connectivity index is 1.91. The second kappa shape index (κ2) is 12.7. The summed E-state index contributed by atoms with van der Waals surface area (Å²) in [5, 5.41) is 5.41. The van der Waals surface area contributed by atoms with E-state index < -0.39 is 5.97 Å². The van der Waals surface area contributed by atoms with Gasteiger partial charge in [0.25, 0.3) is 5.56 Å². The third-order valence-corrected chi connectivity index (χ3v) is 6.99. The van der Waals surface area contributed by atoms with Crippen molar-refractivity contribution in [2.24, 2.45) is 5.10 Å². The number of fused-ring (bicyclic) bond motifs is 1. The lowest BCUT2D eigenvalue weighted by atomic mass is 9.96. The molecule has 0 aliphatic carbocycles. The van der Waals surface area contributed by atoms with Crippen molar-refractivity contribution < 1.29 is 19.0 Å². The molecule has 0 amide bonds. The summed E-state index contributed by atoms with van der Waals surface area (Å²) in [6.07, 6.45) is 1.46. The van der Waals surface area contributed by atoms with Gasteiger partial charge in [-0.15, -0.1) is 0 Å². The summed E-state index contributed by atoms with van der Waals surface area (Å²) in [4.78, 5) is 30.5. The van der Waals surface area contributed by atoms with Gasteiger partial charge in [-0.1, -0.05) is 37.6 Å². The first-order valence-corrected chi connectivity index (χ1v) is 13.8. The second-order valence-corrected chi connectivity index (χ2v) is 10.6. The van der Waals surface area contributed by atoms with E-state index in [0.29, 0.717) is 37.5 Å². The molecule has 0 radical (unpaired) electrons. The molecule has 0 unspecified atom stereocenters. The van der Waals surface area contributed by atoms with Crippen LogP contribution in [0.1, 0.15) is 43.4 Å². The van der Waals surface area contributed by atoms with Gasteiger partial charge in [-0.3, -0.25) is 4.79 Å². The molecular formula is C30H29BrClN3O5. The van der Waals surface area contributed by atoms with E-state index in [1.807, 2.05) is 25.1 Å². The Bertz CT molecular complexity index is 1670. The maximum absolute atomic E-state index is 13.8. The maximum Gasteiger partial charge on any atom is 0.344 e. The number of para-hydroxylation sites is 1. The minimum absolute atomic E-state index is 0.168. The number of benzene rings is 3. The van der Waals surface area contributed by atoms with Gasteiger partial charge in [0.15, 0.2) is 12.4 Å². The number of carbonyl (C=O) groups excluding carboxylic acids is 1. The number of aromatic nitrogens is 2. The van der Waals surface area contributed by atoms with E-state index in [0.717, 1.165) is 22.4 Å². The quantitative estimate of drug-likeness (QED) is 0.151. The molecule has 0 fully saturated rings. The Morgan fingerprint density at radius 1 is 1.20 bits per heavy atom. The number of rotatable bonds is 9. The van der Waals surface area contributed by atoms with Crippen molar-refractivity contribution in [2.75, 3.05) is 20.3 Å². The topological polar surface area (TPSA) is 92.0 Å². The zero-order chi connectivity index (χ0) is 29.0. The number of hydrogen-bond donors (Lipinski definition) is 0. The first-order valence-electron chi connectivity index (χ1n) is 12.7. The Hall–Kier alpha value is -3.69. The van der Waals surface area contributed by atoms with Crippen LogP contribution in [0.5, 0.6) is 11.5 Å². The largest absolute Gasteiger partial charge is 0.496 e. The van der Waals surface area contributed by atoms with Crippen LogP contribution < -0.4 is 15.0 Å². The molecule has 1 aromatic heterocycles. The van der Waals surface area contributed by atoms with Gasteiger partial charge in [-0.25, -0.2) is 9.78 Å². The van der Waals surface area contributed by atoms with Crippen LogP contribution in [0, 0.1) is 6.92 Å². The highest BCUT2D eigenvalue weighted by Gasteiger charge is 2.19. The third-order valence-electron chi connectivity index (χ3n) is 6.18. The molecule has 0 saturated heterocycles. The van der Waals surface area contributed by atoms with Crippen LogP contribution in [0.25, 0.3) is 22.3 Å².